The predicted octanol–water partition coefficient (Wildman–Crippen LogP) is 1.60. The number of rotatable bonds is 4. The molecule has 2 saturated heterocycles. The van der Waals surface area contributed by atoms with Crippen LogP contribution in [0.2, 0.25) is 0 Å². The Balaban J connectivity index is 1.38. The number of likely N-dealkylation sites (tertiary alicyclic amines) is 1. The first-order chi connectivity index (χ1) is 14.1. The number of piperazine rings is 1. The van der Waals surface area contributed by atoms with Gasteiger partial charge in [0.25, 0.3) is 5.91 Å². The molecule has 4 rings (SSSR count). The predicted molar refractivity (Wildman–Crippen MR) is 113 cm³/mol. The first kappa shape index (κ1) is 19.7. The summed E-state index contributed by atoms with van der Waals surface area (Å²) in [5.74, 6) is 0.805. The Morgan fingerprint density at radius 1 is 1.17 bits per heavy atom. The van der Waals surface area contributed by atoms with Crippen LogP contribution in [0.1, 0.15) is 48.5 Å². The minimum Gasteiger partial charge on any atom is -0.357 e. The molecule has 0 radical (unpaired) electrons. The van der Waals surface area contributed by atoms with Gasteiger partial charge >= 0.3 is 0 Å². The highest BCUT2D eigenvalue weighted by atomic mass is 16.2. The van der Waals surface area contributed by atoms with E-state index in [1.807, 2.05) is 24.3 Å². The summed E-state index contributed by atoms with van der Waals surface area (Å²) in [6.45, 7) is 6.96. The van der Waals surface area contributed by atoms with Gasteiger partial charge in [0, 0.05) is 38.3 Å². The highest BCUT2D eigenvalue weighted by Gasteiger charge is 2.43. The normalized spacial score (nSPS) is 21.1. The number of benzene rings is 1. The van der Waals surface area contributed by atoms with Crippen LogP contribution in [0.25, 0.3) is 0 Å². The molecule has 1 aliphatic carbocycles. The maximum atomic E-state index is 12.6. The average molecular weight is 398 g/mol. The fourth-order valence-electron chi connectivity index (χ4n) is 4.54. The molecule has 0 unspecified atom stereocenters. The number of hydrogen-bond donors (Lipinski definition) is 2. The summed E-state index contributed by atoms with van der Waals surface area (Å²) in [6.07, 6.45) is 5.37. The van der Waals surface area contributed by atoms with Gasteiger partial charge in [-0.15, -0.1) is 0 Å². The Labute approximate surface area is 172 Å². The summed E-state index contributed by atoms with van der Waals surface area (Å²) in [7, 11) is 0. The fourth-order valence-corrected chi connectivity index (χ4v) is 4.54. The minimum atomic E-state index is -0.0999. The molecule has 2 aliphatic heterocycles. The van der Waals surface area contributed by atoms with Crippen LogP contribution in [0.3, 0.4) is 0 Å². The third-order valence-corrected chi connectivity index (χ3v) is 6.42. The van der Waals surface area contributed by atoms with Crippen LogP contribution < -0.4 is 10.6 Å². The number of aliphatic imine (C=N–C) groups is 1. The lowest BCUT2D eigenvalue weighted by molar-refractivity contribution is -0.123. The van der Waals surface area contributed by atoms with Gasteiger partial charge in [-0.2, -0.15) is 0 Å². The molecule has 2 N–H and O–H groups in total. The van der Waals surface area contributed by atoms with Crippen LogP contribution in [-0.4, -0.2) is 66.8 Å². The van der Waals surface area contributed by atoms with E-state index in [1.165, 1.54) is 25.7 Å². The number of hydrogen-bond acceptors (Lipinski definition) is 3. The quantitative estimate of drug-likeness (QED) is 0.598. The van der Waals surface area contributed by atoms with Crippen LogP contribution in [-0.2, 0) is 11.3 Å². The average Bonchev–Trinajstić information content (AvgIpc) is 3.17. The van der Waals surface area contributed by atoms with E-state index in [-0.39, 0.29) is 18.4 Å². The summed E-state index contributed by atoms with van der Waals surface area (Å²) < 4.78 is 0. The van der Waals surface area contributed by atoms with Crippen LogP contribution >= 0.6 is 0 Å². The van der Waals surface area contributed by atoms with Crippen molar-refractivity contribution < 1.29 is 9.59 Å². The van der Waals surface area contributed by atoms with Gasteiger partial charge in [0.05, 0.1) is 13.1 Å². The molecule has 156 valence electrons. The van der Waals surface area contributed by atoms with E-state index in [4.69, 9.17) is 4.99 Å². The van der Waals surface area contributed by atoms with Crippen LogP contribution in [0.5, 0.6) is 0 Å². The Morgan fingerprint density at radius 3 is 2.59 bits per heavy atom. The zero-order valence-corrected chi connectivity index (χ0v) is 17.2. The van der Waals surface area contributed by atoms with Crippen molar-refractivity contribution in [1.29, 1.82) is 0 Å². The molecule has 7 heteroatoms. The van der Waals surface area contributed by atoms with E-state index in [1.54, 1.807) is 4.90 Å². The number of nitrogens with one attached hydrogen (secondary N) is 2. The molecule has 1 saturated carbocycles. The van der Waals surface area contributed by atoms with Gasteiger partial charge in [0.1, 0.15) is 0 Å². The summed E-state index contributed by atoms with van der Waals surface area (Å²) in [6, 6.07) is 7.60. The smallest absolute Gasteiger partial charge is 0.254 e. The van der Waals surface area contributed by atoms with Crippen molar-refractivity contribution in [2.24, 2.45) is 10.4 Å². The van der Waals surface area contributed by atoms with Gasteiger partial charge in [0.2, 0.25) is 5.91 Å². The molecule has 0 atom stereocenters. The first-order valence-electron chi connectivity index (χ1n) is 10.8. The molecule has 29 heavy (non-hydrogen) atoms. The zero-order valence-electron chi connectivity index (χ0n) is 17.2. The molecule has 1 spiro atoms. The van der Waals surface area contributed by atoms with E-state index in [2.05, 4.69) is 22.5 Å². The molecule has 1 aromatic carbocycles. The molecule has 3 fully saturated rings. The monoisotopic (exact) mass is 397 g/mol. The minimum absolute atomic E-state index is 0.0916. The molecule has 0 aromatic heterocycles. The van der Waals surface area contributed by atoms with E-state index in [0.717, 1.165) is 31.2 Å². The molecule has 0 bridgehead atoms. The summed E-state index contributed by atoms with van der Waals surface area (Å²) in [5, 5.41) is 6.18. The first-order valence-corrected chi connectivity index (χ1v) is 10.8. The lowest BCUT2D eigenvalue weighted by atomic mass is 9.68. The van der Waals surface area contributed by atoms with Gasteiger partial charge in [-0.05, 0) is 49.3 Å². The number of carbonyl (C=O) groups excluding carboxylic acids is 2. The Hall–Kier alpha value is -2.57. The van der Waals surface area contributed by atoms with Gasteiger partial charge in [-0.3, -0.25) is 9.59 Å². The fraction of sp³-hybridized carbons (Fsp3) is 0.591. The summed E-state index contributed by atoms with van der Waals surface area (Å²) in [5.41, 5.74) is 2.24. The van der Waals surface area contributed by atoms with E-state index in [9.17, 15) is 9.59 Å². The number of nitrogens with zero attached hydrogens (tertiary/aromatic N) is 3. The van der Waals surface area contributed by atoms with E-state index in [0.29, 0.717) is 30.6 Å². The lowest BCUT2D eigenvalue weighted by Crippen LogP contribution is -2.49. The second-order valence-electron chi connectivity index (χ2n) is 8.47. The van der Waals surface area contributed by atoms with Crippen molar-refractivity contribution in [3.63, 3.8) is 0 Å². The molecule has 1 aromatic rings. The SMILES string of the molecule is CCNC(=NCc1ccc(C(=O)N2CCNC(=O)C2)cc1)N1CCC2(CCC2)C1. The number of guanidine groups is 1. The van der Waals surface area contributed by atoms with Crippen molar-refractivity contribution in [3.8, 4) is 0 Å². The Bertz CT molecular complexity index is 785. The van der Waals surface area contributed by atoms with Crippen molar-refractivity contribution in [1.82, 2.24) is 20.4 Å². The molecule has 3 aliphatic rings. The van der Waals surface area contributed by atoms with Gasteiger partial charge < -0.3 is 20.4 Å². The number of carbonyl (C=O) groups is 2. The summed E-state index contributed by atoms with van der Waals surface area (Å²) >= 11 is 0. The zero-order chi connectivity index (χ0) is 20.3. The van der Waals surface area contributed by atoms with Crippen LogP contribution in [0.4, 0.5) is 0 Å². The Kier molecular flexibility index (Phi) is 5.74. The van der Waals surface area contributed by atoms with Gasteiger partial charge in [0.15, 0.2) is 5.96 Å². The van der Waals surface area contributed by atoms with Crippen molar-refractivity contribution in [2.45, 2.75) is 39.2 Å². The van der Waals surface area contributed by atoms with E-state index < -0.39 is 0 Å². The maximum Gasteiger partial charge on any atom is 0.254 e. The second-order valence-corrected chi connectivity index (χ2v) is 8.47. The van der Waals surface area contributed by atoms with Gasteiger partial charge in [-0.25, -0.2) is 4.99 Å². The second kappa shape index (κ2) is 8.43. The molecule has 7 nitrogen and oxygen atoms in total. The Morgan fingerprint density at radius 2 is 1.97 bits per heavy atom. The van der Waals surface area contributed by atoms with E-state index >= 15 is 0 Å². The van der Waals surface area contributed by atoms with Crippen molar-refractivity contribution in [2.75, 3.05) is 39.3 Å². The molecule has 2 amide bonds. The third kappa shape index (κ3) is 4.38. The highest BCUT2D eigenvalue weighted by molar-refractivity contribution is 5.97. The van der Waals surface area contributed by atoms with Crippen molar-refractivity contribution >= 4 is 17.8 Å². The third-order valence-electron chi connectivity index (χ3n) is 6.42. The topological polar surface area (TPSA) is 77.0 Å². The molecular formula is C22H31N5O2. The van der Waals surface area contributed by atoms with Gasteiger partial charge in [-0.1, -0.05) is 18.6 Å². The van der Waals surface area contributed by atoms with Crippen LogP contribution in [0.15, 0.2) is 29.3 Å². The summed E-state index contributed by atoms with van der Waals surface area (Å²) in [4.78, 5) is 32.9. The maximum absolute atomic E-state index is 12.6. The number of amides is 2. The van der Waals surface area contributed by atoms with Crippen molar-refractivity contribution in [3.05, 3.63) is 35.4 Å². The lowest BCUT2D eigenvalue weighted by Gasteiger charge is -2.38. The molecule has 2 heterocycles. The van der Waals surface area contributed by atoms with Crippen LogP contribution in [0, 0.1) is 5.41 Å². The molecular weight excluding hydrogens is 366 g/mol. The highest BCUT2D eigenvalue weighted by Crippen LogP contribution is 2.47. The standard InChI is InChI=1S/C22H31N5O2/c1-2-23-21(27-12-10-22(16-27)8-3-9-22)25-14-17-4-6-18(7-5-17)20(29)26-13-11-24-19(28)15-26/h4-7H,2-3,8-16H2,1H3,(H,23,25)(H,24,28). The largest absolute Gasteiger partial charge is 0.357 e.